The molecule has 2 heterocycles. The second-order valence-electron chi connectivity index (χ2n) is 7.35. The summed E-state index contributed by atoms with van der Waals surface area (Å²) in [6.07, 6.45) is 4.28. The summed E-state index contributed by atoms with van der Waals surface area (Å²) in [5.74, 6) is -0.363. The zero-order valence-electron chi connectivity index (χ0n) is 17.3. The number of pyridine rings is 1. The molecule has 1 aliphatic heterocycles. The predicted octanol–water partition coefficient (Wildman–Crippen LogP) is 2.74. The van der Waals surface area contributed by atoms with Crippen molar-refractivity contribution < 1.29 is 8.78 Å². The van der Waals surface area contributed by atoms with Crippen LogP contribution in [0.3, 0.4) is 0 Å². The molecule has 2 aromatic rings. The van der Waals surface area contributed by atoms with Crippen molar-refractivity contribution in [2.45, 2.75) is 38.8 Å². The van der Waals surface area contributed by atoms with Gasteiger partial charge in [0.15, 0.2) is 5.96 Å². The Bertz CT molecular complexity index is 894. The molecule has 3 rings (SSSR count). The Balaban J connectivity index is 1.49. The molecule has 0 aliphatic carbocycles. The van der Waals surface area contributed by atoms with Gasteiger partial charge in [-0.3, -0.25) is 9.79 Å². The second kappa shape index (κ2) is 10.8. The van der Waals surface area contributed by atoms with Crippen LogP contribution in [0.2, 0.25) is 0 Å². The van der Waals surface area contributed by atoms with E-state index in [0.29, 0.717) is 32.1 Å². The molecular weight excluding hydrogens is 388 g/mol. The maximum Gasteiger partial charge on any atom is 0.250 e. The van der Waals surface area contributed by atoms with E-state index in [-0.39, 0.29) is 17.3 Å². The van der Waals surface area contributed by atoms with Crippen molar-refractivity contribution in [3.8, 4) is 0 Å². The summed E-state index contributed by atoms with van der Waals surface area (Å²) in [4.78, 5) is 18.0. The van der Waals surface area contributed by atoms with Gasteiger partial charge >= 0.3 is 0 Å². The van der Waals surface area contributed by atoms with E-state index in [0.717, 1.165) is 25.8 Å². The smallest absolute Gasteiger partial charge is 0.250 e. The number of para-hydroxylation sites is 1. The number of aryl methyl sites for hydroxylation is 1. The molecule has 162 valence electrons. The molecule has 30 heavy (non-hydrogen) atoms. The summed E-state index contributed by atoms with van der Waals surface area (Å²) in [6.45, 7) is 5.12. The van der Waals surface area contributed by atoms with Crippen molar-refractivity contribution in [2.75, 3.05) is 31.1 Å². The maximum absolute atomic E-state index is 14.0. The van der Waals surface area contributed by atoms with Gasteiger partial charge in [0.1, 0.15) is 17.3 Å². The minimum absolute atomic E-state index is 0.00748. The molecule has 2 N–H and O–H groups in total. The van der Waals surface area contributed by atoms with Gasteiger partial charge in [0.2, 0.25) is 5.56 Å². The van der Waals surface area contributed by atoms with Crippen LogP contribution in [0.4, 0.5) is 14.5 Å². The van der Waals surface area contributed by atoms with Gasteiger partial charge in [0.25, 0.3) is 0 Å². The molecule has 1 aromatic carbocycles. The molecule has 1 unspecified atom stereocenters. The zero-order chi connectivity index (χ0) is 21.3. The van der Waals surface area contributed by atoms with E-state index in [1.54, 1.807) is 27.8 Å². The van der Waals surface area contributed by atoms with Crippen LogP contribution < -0.4 is 21.1 Å². The van der Waals surface area contributed by atoms with Crippen LogP contribution in [-0.2, 0) is 6.54 Å². The fourth-order valence-corrected chi connectivity index (χ4v) is 3.62. The maximum atomic E-state index is 14.0. The topological polar surface area (TPSA) is 61.7 Å². The van der Waals surface area contributed by atoms with Crippen LogP contribution in [0.15, 0.2) is 52.4 Å². The Morgan fingerprint density at radius 1 is 1.17 bits per heavy atom. The molecule has 0 bridgehead atoms. The molecule has 1 fully saturated rings. The lowest BCUT2D eigenvalue weighted by atomic mass is 10.2. The highest BCUT2D eigenvalue weighted by atomic mass is 19.1. The molecule has 0 spiro atoms. The number of nitrogens with zero attached hydrogens (tertiary/aromatic N) is 3. The first-order valence-corrected chi connectivity index (χ1v) is 10.5. The summed E-state index contributed by atoms with van der Waals surface area (Å²) >= 11 is 0. The number of rotatable bonds is 8. The Morgan fingerprint density at radius 3 is 2.70 bits per heavy atom. The highest BCUT2D eigenvalue weighted by Crippen LogP contribution is 2.26. The number of nitrogens with one attached hydrogen (secondary N) is 2. The van der Waals surface area contributed by atoms with Gasteiger partial charge in [-0.25, -0.2) is 8.78 Å². The summed E-state index contributed by atoms with van der Waals surface area (Å²) < 4.78 is 29.8. The molecular formula is C22H29F2N5O. The lowest BCUT2D eigenvalue weighted by Gasteiger charge is -2.21. The number of hydrogen-bond acceptors (Lipinski definition) is 3. The van der Waals surface area contributed by atoms with Gasteiger partial charge in [-0.2, -0.15) is 0 Å². The minimum Gasteiger partial charge on any atom is -0.365 e. The lowest BCUT2D eigenvalue weighted by Crippen LogP contribution is -2.44. The van der Waals surface area contributed by atoms with Crippen molar-refractivity contribution in [2.24, 2.45) is 4.99 Å². The SMILES string of the molecule is CCNC(=NCCCCn1ccccc1=O)NC1CCN(c2c(F)cccc2F)C1. The van der Waals surface area contributed by atoms with E-state index < -0.39 is 11.6 Å². The number of benzene rings is 1. The van der Waals surface area contributed by atoms with Crippen molar-refractivity contribution in [1.29, 1.82) is 0 Å². The average molecular weight is 418 g/mol. The first-order valence-electron chi connectivity index (χ1n) is 10.5. The monoisotopic (exact) mass is 417 g/mol. The zero-order valence-corrected chi connectivity index (χ0v) is 17.3. The Hall–Kier alpha value is -2.90. The summed E-state index contributed by atoms with van der Waals surface area (Å²) in [6, 6.07) is 9.16. The molecule has 6 nitrogen and oxygen atoms in total. The van der Waals surface area contributed by atoms with E-state index in [4.69, 9.17) is 0 Å². The van der Waals surface area contributed by atoms with Gasteiger partial charge in [0, 0.05) is 51.0 Å². The molecule has 1 saturated heterocycles. The molecule has 0 radical (unpaired) electrons. The first-order chi connectivity index (χ1) is 14.6. The molecule has 0 amide bonds. The number of aromatic nitrogens is 1. The highest BCUT2D eigenvalue weighted by molar-refractivity contribution is 5.80. The van der Waals surface area contributed by atoms with Crippen LogP contribution in [0.25, 0.3) is 0 Å². The minimum atomic E-state index is -0.534. The summed E-state index contributed by atoms with van der Waals surface area (Å²) in [7, 11) is 0. The van der Waals surface area contributed by atoms with Gasteiger partial charge in [0.05, 0.1) is 0 Å². The van der Waals surface area contributed by atoms with Crippen molar-refractivity contribution in [3.05, 3.63) is 64.6 Å². The number of halogens is 2. The molecule has 1 aromatic heterocycles. The third kappa shape index (κ3) is 5.81. The van der Waals surface area contributed by atoms with Gasteiger partial charge in [-0.15, -0.1) is 0 Å². The number of hydrogen-bond donors (Lipinski definition) is 2. The Kier molecular flexibility index (Phi) is 7.82. The third-order valence-electron chi connectivity index (χ3n) is 5.10. The lowest BCUT2D eigenvalue weighted by molar-refractivity contribution is 0.575. The van der Waals surface area contributed by atoms with Crippen LogP contribution >= 0.6 is 0 Å². The van der Waals surface area contributed by atoms with Crippen LogP contribution in [0, 0.1) is 11.6 Å². The molecule has 1 atom stereocenters. The Labute approximate surface area is 175 Å². The summed E-state index contributed by atoms with van der Waals surface area (Å²) in [5.41, 5.74) is 0.0491. The number of anilines is 1. The standard InChI is InChI=1S/C22H29F2N5O/c1-2-25-22(26-12-4-6-14-28-13-5-3-10-20(28)30)27-17-11-15-29(16-17)21-18(23)8-7-9-19(21)24/h3,5,7-10,13,17H,2,4,6,11-12,14-16H2,1H3,(H2,25,26,27). The largest absolute Gasteiger partial charge is 0.365 e. The van der Waals surface area contributed by atoms with Gasteiger partial charge in [-0.05, 0) is 44.4 Å². The third-order valence-corrected chi connectivity index (χ3v) is 5.10. The van der Waals surface area contributed by atoms with Crippen molar-refractivity contribution in [1.82, 2.24) is 15.2 Å². The van der Waals surface area contributed by atoms with Crippen molar-refractivity contribution >= 4 is 11.6 Å². The van der Waals surface area contributed by atoms with Crippen LogP contribution in [-0.4, -0.2) is 42.7 Å². The predicted molar refractivity (Wildman–Crippen MR) is 116 cm³/mol. The van der Waals surface area contributed by atoms with Gasteiger partial charge < -0.3 is 20.1 Å². The number of aliphatic imine (C=N–C) groups is 1. The van der Waals surface area contributed by atoms with E-state index in [1.165, 1.54) is 18.2 Å². The highest BCUT2D eigenvalue weighted by Gasteiger charge is 2.27. The quantitative estimate of drug-likeness (QED) is 0.394. The van der Waals surface area contributed by atoms with E-state index in [9.17, 15) is 13.6 Å². The normalized spacial score (nSPS) is 16.7. The molecule has 0 saturated carbocycles. The number of guanidine groups is 1. The van der Waals surface area contributed by atoms with Crippen molar-refractivity contribution in [3.63, 3.8) is 0 Å². The second-order valence-corrected chi connectivity index (χ2v) is 7.35. The van der Waals surface area contributed by atoms with Crippen LogP contribution in [0.1, 0.15) is 26.2 Å². The average Bonchev–Trinajstić information content (AvgIpc) is 3.17. The summed E-state index contributed by atoms with van der Waals surface area (Å²) in [5, 5.41) is 6.59. The Morgan fingerprint density at radius 2 is 1.97 bits per heavy atom. The fraction of sp³-hybridized carbons (Fsp3) is 0.455. The van der Waals surface area contributed by atoms with E-state index >= 15 is 0 Å². The van der Waals surface area contributed by atoms with Crippen LogP contribution in [0.5, 0.6) is 0 Å². The number of unbranched alkanes of at least 4 members (excludes halogenated alkanes) is 1. The van der Waals surface area contributed by atoms with Gasteiger partial charge in [-0.1, -0.05) is 12.1 Å². The van der Waals surface area contributed by atoms with E-state index in [1.807, 2.05) is 13.0 Å². The molecule has 1 aliphatic rings. The molecule has 8 heteroatoms. The fourth-order valence-electron chi connectivity index (χ4n) is 3.62. The van der Waals surface area contributed by atoms with E-state index in [2.05, 4.69) is 15.6 Å². The first kappa shape index (κ1) is 21.8.